The van der Waals surface area contributed by atoms with Crippen LogP contribution in [0.15, 0.2) is 0 Å². The molecule has 0 radical (unpaired) electrons. The predicted octanol–water partition coefficient (Wildman–Crippen LogP) is -0.195. The molecule has 0 amide bonds. The van der Waals surface area contributed by atoms with Crippen LogP contribution in [-0.4, -0.2) is 48.3 Å². The van der Waals surface area contributed by atoms with Gasteiger partial charge in [-0.25, -0.2) is 0 Å². The first kappa shape index (κ1) is 8.48. The lowest BCUT2D eigenvalue weighted by atomic mass is 10.0. The number of hydrogen-bond acceptors (Lipinski definition) is 3. The fourth-order valence-electron chi connectivity index (χ4n) is 2.27. The Hall–Kier alpha value is -0.120. The monoisotopic (exact) mass is 170 g/mol. The molecule has 2 N–H and O–H groups in total. The number of aliphatic hydroxyl groups is 1. The topological polar surface area (TPSA) is 35.5 Å². The second-order valence-corrected chi connectivity index (χ2v) is 3.87. The number of likely N-dealkylation sites (tertiary alicyclic amines) is 1. The Kier molecular flexibility index (Phi) is 2.63. The average molecular weight is 170 g/mol. The minimum atomic E-state index is -0.0932. The molecule has 2 atom stereocenters. The van der Waals surface area contributed by atoms with Crippen LogP contribution in [0, 0.1) is 0 Å². The Morgan fingerprint density at radius 3 is 2.67 bits per heavy atom. The average Bonchev–Trinajstić information content (AvgIpc) is 2.57. The molecule has 0 aromatic rings. The lowest BCUT2D eigenvalue weighted by molar-refractivity contribution is 0.0398. The number of hydrogen-bond donors (Lipinski definition) is 2. The van der Waals surface area contributed by atoms with Crippen molar-refractivity contribution in [2.75, 3.05) is 26.2 Å². The summed E-state index contributed by atoms with van der Waals surface area (Å²) in [6.45, 7) is 4.32. The van der Waals surface area contributed by atoms with Gasteiger partial charge in [0.1, 0.15) is 0 Å². The summed E-state index contributed by atoms with van der Waals surface area (Å²) >= 11 is 0. The lowest BCUT2D eigenvalue weighted by Gasteiger charge is -2.35. The van der Waals surface area contributed by atoms with Crippen molar-refractivity contribution in [1.82, 2.24) is 10.2 Å². The van der Waals surface area contributed by atoms with Crippen LogP contribution in [0.5, 0.6) is 0 Å². The van der Waals surface area contributed by atoms with E-state index in [1.807, 2.05) is 0 Å². The second-order valence-electron chi connectivity index (χ2n) is 3.87. The van der Waals surface area contributed by atoms with Gasteiger partial charge in [0.2, 0.25) is 0 Å². The number of nitrogens with one attached hydrogen (secondary N) is 1. The summed E-state index contributed by atoms with van der Waals surface area (Å²) in [5.74, 6) is 0. The van der Waals surface area contributed by atoms with E-state index in [1.54, 1.807) is 0 Å². The van der Waals surface area contributed by atoms with E-state index in [0.717, 1.165) is 19.5 Å². The minimum absolute atomic E-state index is 0.0932. The molecular weight excluding hydrogens is 152 g/mol. The molecule has 2 aliphatic heterocycles. The molecule has 0 saturated carbocycles. The van der Waals surface area contributed by atoms with Crippen LogP contribution in [-0.2, 0) is 0 Å². The maximum atomic E-state index is 9.75. The van der Waals surface area contributed by atoms with E-state index < -0.39 is 0 Å². The highest BCUT2D eigenvalue weighted by Gasteiger charge is 2.29. The van der Waals surface area contributed by atoms with E-state index in [-0.39, 0.29) is 6.10 Å². The van der Waals surface area contributed by atoms with Gasteiger partial charge in [-0.05, 0) is 38.9 Å². The molecule has 70 valence electrons. The lowest BCUT2D eigenvalue weighted by Crippen LogP contribution is -2.52. The van der Waals surface area contributed by atoms with Crippen LogP contribution in [0.4, 0.5) is 0 Å². The number of rotatable bonds is 1. The summed E-state index contributed by atoms with van der Waals surface area (Å²) < 4.78 is 0. The van der Waals surface area contributed by atoms with E-state index >= 15 is 0 Å². The van der Waals surface area contributed by atoms with Gasteiger partial charge in [-0.1, -0.05) is 0 Å². The molecule has 0 bridgehead atoms. The molecule has 0 aliphatic carbocycles. The second kappa shape index (κ2) is 3.73. The van der Waals surface area contributed by atoms with Gasteiger partial charge in [-0.15, -0.1) is 0 Å². The van der Waals surface area contributed by atoms with Crippen molar-refractivity contribution in [3.8, 4) is 0 Å². The molecule has 0 spiro atoms. The summed E-state index contributed by atoms with van der Waals surface area (Å²) in [7, 11) is 0. The van der Waals surface area contributed by atoms with Gasteiger partial charge in [0.25, 0.3) is 0 Å². The quantitative estimate of drug-likeness (QED) is 0.572. The predicted molar refractivity (Wildman–Crippen MR) is 48.1 cm³/mol. The van der Waals surface area contributed by atoms with Crippen molar-refractivity contribution in [2.24, 2.45) is 0 Å². The molecule has 3 nitrogen and oxygen atoms in total. The smallest absolute Gasteiger partial charge is 0.0719 e. The highest BCUT2D eigenvalue weighted by Crippen LogP contribution is 2.17. The van der Waals surface area contributed by atoms with Crippen LogP contribution < -0.4 is 5.32 Å². The summed E-state index contributed by atoms with van der Waals surface area (Å²) in [5, 5.41) is 13.1. The Labute approximate surface area is 73.8 Å². The summed E-state index contributed by atoms with van der Waals surface area (Å²) in [4.78, 5) is 2.43. The van der Waals surface area contributed by atoms with Crippen molar-refractivity contribution in [1.29, 1.82) is 0 Å². The zero-order valence-electron chi connectivity index (χ0n) is 7.50. The van der Waals surface area contributed by atoms with Gasteiger partial charge in [-0.3, -0.25) is 4.90 Å². The van der Waals surface area contributed by atoms with E-state index in [4.69, 9.17) is 0 Å². The molecule has 2 rings (SSSR count). The maximum Gasteiger partial charge on any atom is 0.0719 e. The van der Waals surface area contributed by atoms with Gasteiger partial charge in [-0.2, -0.15) is 0 Å². The van der Waals surface area contributed by atoms with Crippen molar-refractivity contribution >= 4 is 0 Å². The molecule has 2 saturated heterocycles. The molecule has 0 aromatic heterocycles. The third-order valence-electron chi connectivity index (χ3n) is 3.02. The third-order valence-corrected chi connectivity index (χ3v) is 3.02. The Morgan fingerprint density at radius 2 is 2.00 bits per heavy atom. The summed E-state index contributed by atoms with van der Waals surface area (Å²) in [6, 6.07) is 0.390. The summed E-state index contributed by atoms with van der Waals surface area (Å²) in [5.41, 5.74) is 0. The molecule has 2 fully saturated rings. The largest absolute Gasteiger partial charge is 0.391 e. The van der Waals surface area contributed by atoms with Crippen LogP contribution in [0.1, 0.15) is 19.3 Å². The number of aliphatic hydroxyl groups excluding tert-OH is 1. The number of piperidine rings is 1. The Morgan fingerprint density at radius 1 is 1.25 bits per heavy atom. The third kappa shape index (κ3) is 1.63. The first-order chi connectivity index (χ1) is 5.88. The first-order valence-corrected chi connectivity index (χ1v) is 5.01. The maximum absolute atomic E-state index is 9.75. The van der Waals surface area contributed by atoms with Gasteiger partial charge in [0.15, 0.2) is 0 Å². The van der Waals surface area contributed by atoms with E-state index in [2.05, 4.69) is 10.2 Å². The molecule has 0 aromatic carbocycles. The van der Waals surface area contributed by atoms with Gasteiger partial charge < -0.3 is 10.4 Å². The Bertz CT molecular complexity index is 145. The van der Waals surface area contributed by atoms with Crippen molar-refractivity contribution in [2.45, 2.75) is 31.4 Å². The normalized spacial score (nSPS) is 38.8. The molecule has 3 heteroatoms. The van der Waals surface area contributed by atoms with Gasteiger partial charge in [0.05, 0.1) is 6.10 Å². The zero-order valence-corrected chi connectivity index (χ0v) is 7.50. The summed E-state index contributed by atoms with van der Waals surface area (Å²) in [6.07, 6.45) is 3.44. The number of nitrogens with zero attached hydrogens (tertiary/aromatic N) is 1. The highest BCUT2D eigenvalue weighted by atomic mass is 16.3. The molecule has 0 unspecified atom stereocenters. The zero-order chi connectivity index (χ0) is 8.39. The van der Waals surface area contributed by atoms with Crippen LogP contribution in [0.3, 0.4) is 0 Å². The molecule has 2 heterocycles. The van der Waals surface area contributed by atoms with Crippen LogP contribution >= 0.6 is 0 Å². The van der Waals surface area contributed by atoms with Gasteiger partial charge >= 0.3 is 0 Å². The first-order valence-electron chi connectivity index (χ1n) is 5.01. The van der Waals surface area contributed by atoms with E-state index in [1.165, 1.54) is 25.9 Å². The Balaban J connectivity index is 1.91. The van der Waals surface area contributed by atoms with Crippen LogP contribution in [0.2, 0.25) is 0 Å². The van der Waals surface area contributed by atoms with E-state index in [0.29, 0.717) is 6.04 Å². The fraction of sp³-hybridized carbons (Fsp3) is 1.00. The molecule has 12 heavy (non-hydrogen) atoms. The van der Waals surface area contributed by atoms with Crippen molar-refractivity contribution in [3.63, 3.8) is 0 Å². The van der Waals surface area contributed by atoms with E-state index in [9.17, 15) is 5.11 Å². The minimum Gasteiger partial charge on any atom is -0.391 e. The standard InChI is InChI=1S/C9H18N2O/c12-9-3-4-10-7-8(9)11-5-1-2-6-11/h8-10,12H,1-7H2/t8-,9-/m0/s1. The highest BCUT2D eigenvalue weighted by molar-refractivity contribution is 4.87. The van der Waals surface area contributed by atoms with Crippen molar-refractivity contribution in [3.05, 3.63) is 0 Å². The SMILES string of the molecule is O[C@H]1CCNC[C@@H]1N1CCCC1. The van der Waals surface area contributed by atoms with Crippen LogP contribution in [0.25, 0.3) is 0 Å². The van der Waals surface area contributed by atoms with Gasteiger partial charge in [0, 0.05) is 12.6 Å². The fourth-order valence-corrected chi connectivity index (χ4v) is 2.27. The molecule has 2 aliphatic rings. The molecular formula is C9H18N2O. The van der Waals surface area contributed by atoms with Crippen molar-refractivity contribution < 1.29 is 5.11 Å².